The maximum absolute atomic E-state index is 12.6. The summed E-state index contributed by atoms with van der Waals surface area (Å²) in [5.74, 6) is -0.569. The van der Waals surface area contributed by atoms with Gasteiger partial charge in [-0.3, -0.25) is 0 Å². The number of aromatic amines is 1. The number of nitrogens with one attached hydrogen (secondary N) is 1. The van der Waals surface area contributed by atoms with Crippen LogP contribution in [0.25, 0.3) is 22.5 Å². The maximum Gasteiger partial charge on any atom is 0.346 e. The lowest BCUT2D eigenvalue weighted by molar-refractivity contribution is 0.0527. The number of rotatable bonds is 4. The maximum atomic E-state index is 12.6. The van der Waals surface area contributed by atoms with E-state index in [1.807, 2.05) is 18.2 Å². The van der Waals surface area contributed by atoms with Gasteiger partial charge in [-0.2, -0.15) is 4.98 Å². The molecule has 0 radical (unpaired) electrons. The number of esters is 1. The third kappa shape index (κ3) is 3.46. The first-order valence-electron chi connectivity index (χ1n) is 7.73. The van der Waals surface area contributed by atoms with E-state index in [9.17, 15) is 9.59 Å². The molecule has 0 unspecified atom stereocenters. The number of aromatic nitrogens is 2. The van der Waals surface area contributed by atoms with E-state index in [4.69, 9.17) is 16.3 Å². The molecule has 3 rings (SSSR count). The van der Waals surface area contributed by atoms with Gasteiger partial charge < -0.3 is 9.72 Å². The van der Waals surface area contributed by atoms with E-state index < -0.39 is 11.7 Å². The van der Waals surface area contributed by atoms with Crippen LogP contribution in [-0.4, -0.2) is 22.5 Å². The van der Waals surface area contributed by atoms with Gasteiger partial charge in [0.05, 0.1) is 18.0 Å². The van der Waals surface area contributed by atoms with E-state index in [2.05, 4.69) is 9.97 Å². The number of nitrogens with zero attached hydrogens (tertiary/aromatic N) is 1. The van der Waals surface area contributed by atoms with Crippen molar-refractivity contribution in [3.05, 3.63) is 75.7 Å². The Morgan fingerprint density at radius 2 is 1.80 bits per heavy atom. The first kappa shape index (κ1) is 16.9. The quantitative estimate of drug-likeness (QED) is 0.720. The van der Waals surface area contributed by atoms with Crippen molar-refractivity contribution in [2.45, 2.75) is 6.92 Å². The lowest BCUT2D eigenvalue weighted by Crippen LogP contribution is -2.19. The summed E-state index contributed by atoms with van der Waals surface area (Å²) < 4.78 is 5.19. The summed E-state index contributed by atoms with van der Waals surface area (Å²) in [4.78, 5) is 31.4. The van der Waals surface area contributed by atoms with E-state index in [1.54, 1.807) is 43.3 Å². The van der Waals surface area contributed by atoms with Crippen LogP contribution in [0.5, 0.6) is 0 Å². The van der Waals surface area contributed by atoms with Crippen LogP contribution in [0.4, 0.5) is 0 Å². The minimum atomic E-state index is -0.569. The first-order chi connectivity index (χ1) is 12.1. The number of carbonyl (C=O) groups is 1. The molecule has 1 N–H and O–H groups in total. The van der Waals surface area contributed by atoms with E-state index in [0.717, 1.165) is 0 Å². The molecular formula is C19H15ClN2O3. The van der Waals surface area contributed by atoms with Crippen molar-refractivity contribution in [3.8, 4) is 22.5 Å². The molecule has 0 aliphatic rings. The molecule has 6 heteroatoms. The van der Waals surface area contributed by atoms with Gasteiger partial charge in [-0.1, -0.05) is 60.1 Å². The van der Waals surface area contributed by atoms with Crippen LogP contribution < -0.4 is 5.69 Å². The van der Waals surface area contributed by atoms with Crippen LogP contribution in [-0.2, 0) is 4.74 Å². The number of H-pyrrole nitrogens is 1. The molecule has 5 nitrogen and oxygen atoms in total. The molecular weight excluding hydrogens is 340 g/mol. The molecule has 2 aromatic carbocycles. The third-order valence-electron chi connectivity index (χ3n) is 3.60. The molecule has 0 saturated heterocycles. The zero-order chi connectivity index (χ0) is 17.8. The molecule has 0 saturated carbocycles. The van der Waals surface area contributed by atoms with Crippen molar-refractivity contribution >= 4 is 17.6 Å². The number of hydrogen-bond donors (Lipinski definition) is 1. The zero-order valence-corrected chi connectivity index (χ0v) is 14.2. The standard InChI is InChI=1S/C19H15ClN2O3/c1-2-25-18(23)15-16(12-8-4-3-5-9-12)21-19(24)22-17(15)13-10-6-7-11-14(13)20/h3-11H,2H2,1H3,(H,21,22,24). The van der Waals surface area contributed by atoms with E-state index in [1.165, 1.54) is 0 Å². The number of carbonyl (C=O) groups excluding carboxylic acids is 1. The van der Waals surface area contributed by atoms with Crippen molar-refractivity contribution in [3.63, 3.8) is 0 Å². The molecule has 1 aromatic heterocycles. The number of ether oxygens (including phenoxy) is 1. The van der Waals surface area contributed by atoms with Crippen LogP contribution >= 0.6 is 11.6 Å². The Balaban J connectivity index is 2.35. The van der Waals surface area contributed by atoms with Gasteiger partial charge in [0.25, 0.3) is 0 Å². The third-order valence-corrected chi connectivity index (χ3v) is 3.93. The summed E-state index contributed by atoms with van der Waals surface area (Å²) in [7, 11) is 0. The highest BCUT2D eigenvalue weighted by atomic mass is 35.5. The van der Waals surface area contributed by atoms with Gasteiger partial charge in [0.1, 0.15) is 5.56 Å². The van der Waals surface area contributed by atoms with Gasteiger partial charge in [-0.05, 0) is 13.0 Å². The Kier molecular flexibility index (Phi) is 4.95. The molecule has 3 aromatic rings. The monoisotopic (exact) mass is 354 g/mol. The topological polar surface area (TPSA) is 72.0 Å². The number of hydrogen-bond acceptors (Lipinski definition) is 4. The Morgan fingerprint density at radius 3 is 2.48 bits per heavy atom. The summed E-state index contributed by atoms with van der Waals surface area (Å²) in [6, 6.07) is 16.0. The number of benzene rings is 2. The Morgan fingerprint density at radius 1 is 1.12 bits per heavy atom. The predicted octanol–water partition coefficient (Wildman–Crippen LogP) is 3.93. The smallest absolute Gasteiger partial charge is 0.346 e. The fraction of sp³-hybridized carbons (Fsp3) is 0.105. The van der Waals surface area contributed by atoms with Crippen molar-refractivity contribution in [2.75, 3.05) is 6.61 Å². The van der Waals surface area contributed by atoms with Crippen molar-refractivity contribution in [2.24, 2.45) is 0 Å². The molecule has 0 atom stereocenters. The van der Waals surface area contributed by atoms with Crippen molar-refractivity contribution < 1.29 is 9.53 Å². The Hall–Kier alpha value is -2.92. The molecule has 0 aliphatic carbocycles. The summed E-state index contributed by atoms with van der Waals surface area (Å²) >= 11 is 6.27. The van der Waals surface area contributed by atoms with Crippen LogP contribution in [0.2, 0.25) is 5.02 Å². The minimum Gasteiger partial charge on any atom is -0.462 e. The lowest BCUT2D eigenvalue weighted by atomic mass is 10.00. The molecule has 1 heterocycles. The Bertz CT molecular complexity index is 968. The lowest BCUT2D eigenvalue weighted by Gasteiger charge is -2.14. The van der Waals surface area contributed by atoms with Gasteiger partial charge in [0, 0.05) is 16.1 Å². The summed E-state index contributed by atoms with van der Waals surface area (Å²) in [6.07, 6.45) is 0. The fourth-order valence-corrected chi connectivity index (χ4v) is 2.78. The van der Waals surface area contributed by atoms with E-state index in [-0.39, 0.29) is 17.9 Å². The Labute approximate surface area is 149 Å². The molecule has 0 fully saturated rings. The fourth-order valence-electron chi connectivity index (χ4n) is 2.55. The average Bonchev–Trinajstić information content (AvgIpc) is 2.62. The second-order valence-electron chi connectivity index (χ2n) is 5.21. The zero-order valence-electron chi connectivity index (χ0n) is 13.5. The average molecular weight is 355 g/mol. The summed E-state index contributed by atoms with van der Waals surface area (Å²) in [5.41, 5.74) is 1.34. The van der Waals surface area contributed by atoms with Crippen LogP contribution in [0.3, 0.4) is 0 Å². The highest BCUT2D eigenvalue weighted by Crippen LogP contribution is 2.32. The van der Waals surface area contributed by atoms with Crippen LogP contribution in [0, 0.1) is 0 Å². The van der Waals surface area contributed by atoms with Gasteiger partial charge in [0.2, 0.25) is 0 Å². The van der Waals surface area contributed by atoms with Crippen LogP contribution in [0.1, 0.15) is 17.3 Å². The second kappa shape index (κ2) is 7.32. The summed E-state index contributed by atoms with van der Waals surface area (Å²) in [5, 5.41) is 0.411. The van der Waals surface area contributed by atoms with E-state index in [0.29, 0.717) is 21.8 Å². The molecule has 0 amide bonds. The molecule has 25 heavy (non-hydrogen) atoms. The highest BCUT2D eigenvalue weighted by molar-refractivity contribution is 6.33. The SMILES string of the molecule is CCOC(=O)c1c(-c2ccccc2)nc(=O)[nH]c1-c1ccccc1Cl. The first-order valence-corrected chi connectivity index (χ1v) is 8.11. The molecule has 126 valence electrons. The van der Waals surface area contributed by atoms with Gasteiger partial charge in [-0.25, -0.2) is 9.59 Å². The number of halogens is 1. The van der Waals surface area contributed by atoms with Gasteiger partial charge >= 0.3 is 11.7 Å². The van der Waals surface area contributed by atoms with Crippen LogP contribution in [0.15, 0.2) is 59.4 Å². The molecule has 0 bridgehead atoms. The molecule has 0 aliphatic heterocycles. The predicted molar refractivity (Wildman–Crippen MR) is 96.7 cm³/mol. The molecule has 0 spiro atoms. The highest BCUT2D eigenvalue weighted by Gasteiger charge is 2.23. The van der Waals surface area contributed by atoms with Gasteiger partial charge in [-0.15, -0.1) is 0 Å². The normalized spacial score (nSPS) is 10.5. The van der Waals surface area contributed by atoms with Gasteiger partial charge in [0.15, 0.2) is 0 Å². The van der Waals surface area contributed by atoms with E-state index >= 15 is 0 Å². The largest absolute Gasteiger partial charge is 0.462 e. The van der Waals surface area contributed by atoms with Crippen molar-refractivity contribution in [1.82, 2.24) is 9.97 Å². The summed E-state index contributed by atoms with van der Waals surface area (Å²) in [6.45, 7) is 1.92. The minimum absolute atomic E-state index is 0.181. The second-order valence-corrected chi connectivity index (χ2v) is 5.61. The van der Waals surface area contributed by atoms with Crippen molar-refractivity contribution in [1.29, 1.82) is 0 Å².